The summed E-state index contributed by atoms with van der Waals surface area (Å²) in [6.07, 6.45) is 1.94. The fraction of sp³-hybridized carbons (Fsp3) is 0. The van der Waals surface area contributed by atoms with Gasteiger partial charge in [-0.05, 0) is 28.0 Å². The summed E-state index contributed by atoms with van der Waals surface area (Å²) in [4.78, 5) is 10.7. The molecule has 3 rings (SSSR count). The van der Waals surface area contributed by atoms with Crippen LogP contribution >= 0.6 is 0 Å². The lowest BCUT2D eigenvalue weighted by Gasteiger charge is -2.07. The molecule has 0 amide bonds. The first-order valence-electron chi connectivity index (χ1n) is 5.85. The van der Waals surface area contributed by atoms with Crippen molar-refractivity contribution in [3.63, 3.8) is 0 Å². The smallest absolute Gasteiger partial charge is 0.233 e. The van der Waals surface area contributed by atoms with Crippen molar-refractivity contribution in [1.29, 1.82) is 0 Å². The van der Waals surface area contributed by atoms with Gasteiger partial charge in [-0.3, -0.25) is 4.79 Å². The zero-order chi connectivity index (χ0) is 12.4. The van der Waals surface area contributed by atoms with Crippen LogP contribution < -0.4 is 0 Å². The highest BCUT2D eigenvalue weighted by Gasteiger charge is 2.03. The molecular weight excluding hydrogens is 220 g/mol. The second-order valence-corrected chi connectivity index (χ2v) is 4.21. The Hall–Kier alpha value is -2.41. The van der Waals surface area contributed by atoms with Crippen LogP contribution in [-0.2, 0) is 4.79 Å². The standard InChI is InChI=1S/C17H11O/c18-12-13-5-3-8-15(11-13)17-10-4-7-14-6-1-2-9-16(14)17/h1-11H. The molecule has 1 nitrogen and oxygen atoms in total. The largest absolute Gasteiger partial charge is 0.285 e. The topological polar surface area (TPSA) is 17.1 Å². The Labute approximate surface area is 106 Å². The molecule has 0 unspecified atom stereocenters. The minimum Gasteiger partial charge on any atom is -0.285 e. The maximum Gasteiger partial charge on any atom is 0.233 e. The van der Waals surface area contributed by atoms with E-state index in [0.717, 1.165) is 11.1 Å². The number of carbonyl (C=O) groups excluding carboxylic acids is 1. The maximum absolute atomic E-state index is 10.7. The van der Waals surface area contributed by atoms with E-state index in [4.69, 9.17) is 0 Å². The molecule has 0 saturated carbocycles. The molecule has 1 heteroatoms. The van der Waals surface area contributed by atoms with Gasteiger partial charge in [0.05, 0.1) is 0 Å². The molecule has 0 aromatic heterocycles. The molecule has 1 radical (unpaired) electrons. The summed E-state index contributed by atoms with van der Waals surface area (Å²) in [6, 6.07) is 22.0. The molecule has 0 aliphatic heterocycles. The molecule has 0 bridgehead atoms. The van der Waals surface area contributed by atoms with E-state index in [1.165, 1.54) is 10.8 Å². The van der Waals surface area contributed by atoms with Gasteiger partial charge in [-0.15, -0.1) is 0 Å². The van der Waals surface area contributed by atoms with Crippen LogP contribution in [0.15, 0.2) is 66.7 Å². The Morgan fingerprint density at radius 2 is 1.56 bits per heavy atom. The molecule has 0 fully saturated rings. The van der Waals surface area contributed by atoms with Crippen LogP contribution in [-0.4, -0.2) is 6.29 Å². The lowest BCUT2D eigenvalue weighted by Crippen LogP contribution is -1.84. The Kier molecular flexibility index (Phi) is 2.66. The molecule has 0 aliphatic rings. The van der Waals surface area contributed by atoms with E-state index in [1.807, 2.05) is 42.7 Å². The molecule has 0 N–H and O–H groups in total. The van der Waals surface area contributed by atoms with E-state index in [1.54, 1.807) is 6.07 Å². The lowest BCUT2D eigenvalue weighted by molar-refractivity contribution is 0.563. The van der Waals surface area contributed by atoms with Gasteiger partial charge in [-0.1, -0.05) is 60.7 Å². The number of benzene rings is 3. The van der Waals surface area contributed by atoms with Gasteiger partial charge in [0, 0.05) is 5.56 Å². The SMILES string of the molecule is O=[C]c1cccc(-c2cccc3ccccc23)c1. The summed E-state index contributed by atoms with van der Waals surface area (Å²) in [7, 11) is 0. The van der Waals surface area contributed by atoms with Crippen molar-refractivity contribution in [3.05, 3.63) is 72.3 Å². The zero-order valence-electron chi connectivity index (χ0n) is 9.76. The average molecular weight is 231 g/mol. The molecule has 0 spiro atoms. The first kappa shape index (κ1) is 10.7. The van der Waals surface area contributed by atoms with E-state index in [-0.39, 0.29) is 0 Å². The minimum absolute atomic E-state index is 0.584. The predicted octanol–water partition coefficient (Wildman–Crippen LogP) is 3.96. The highest BCUT2D eigenvalue weighted by Crippen LogP contribution is 2.28. The van der Waals surface area contributed by atoms with Gasteiger partial charge < -0.3 is 0 Å². The molecule has 0 atom stereocenters. The van der Waals surface area contributed by atoms with Crippen LogP contribution in [0.4, 0.5) is 0 Å². The first-order chi connectivity index (χ1) is 8.88. The van der Waals surface area contributed by atoms with Crippen molar-refractivity contribution >= 4 is 17.1 Å². The third-order valence-corrected chi connectivity index (χ3v) is 3.08. The second kappa shape index (κ2) is 4.46. The van der Waals surface area contributed by atoms with Crippen molar-refractivity contribution in [2.75, 3.05) is 0 Å². The maximum atomic E-state index is 10.7. The molecule has 0 saturated heterocycles. The molecule has 85 valence electrons. The summed E-state index contributed by atoms with van der Waals surface area (Å²) < 4.78 is 0. The van der Waals surface area contributed by atoms with E-state index in [0.29, 0.717) is 5.56 Å². The zero-order valence-corrected chi connectivity index (χ0v) is 9.76. The van der Waals surface area contributed by atoms with Crippen LogP contribution in [0.1, 0.15) is 5.56 Å². The van der Waals surface area contributed by atoms with Crippen LogP contribution in [0.5, 0.6) is 0 Å². The van der Waals surface area contributed by atoms with Crippen molar-refractivity contribution in [3.8, 4) is 11.1 Å². The Morgan fingerprint density at radius 3 is 2.44 bits per heavy atom. The summed E-state index contributed by atoms with van der Waals surface area (Å²) >= 11 is 0. The highest BCUT2D eigenvalue weighted by molar-refractivity contribution is 5.97. The van der Waals surface area contributed by atoms with E-state index < -0.39 is 0 Å². The van der Waals surface area contributed by atoms with E-state index in [2.05, 4.69) is 24.3 Å². The van der Waals surface area contributed by atoms with Gasteiger partial charge in [0.1, 0.15) is 0 Å². The predicted molar refractivity (Wildman–Crippen MR) is 74.2 cm³/mol. The lowest BCUT2D eigenvalue weighted by atomic mass is 9.97. The monoisotopic (exact) mass is 231 g/mol. The van der Waals surface area contributed by atoms with Gasteiger partial charge in [-0.25, -0.2) is 0 Å². The summed E-state index contributed by atoms with van der Waals surface area (Å²) in [5.74, 6) is 0. The molecule has 18 heavy (non-hydrogen) atoms. The molecule has 3 aromatic rings. The summed E-state index contributed by atoms with van der Waals surface area (Å²) in [5.41, 5.74) is 2.78. The van der Waals surface area contributed by atoms with Gasteiger partial charge in [0.2, 0.25) is 6.29 Å². The van der Waals surface area contributed by atoms with Gasteiger partial charge in [0.15, 0.2) is 0 Å². The van der Waals surface area contributed by atoms with E-state index in [9.17, 15) is 4.79 Å². The Balaban J connectivity index is 2.27. The van der Waals surface area contributed by atoms with E-state index >= 15 is 0 Å². The summed E-state index contributed by atoms with van der Waals surface area (Å²) in [5, 5.41) is 2.40. The fourth-order valence-corrected chi connectivity index (χ4v) is 2.23. The van der Waals surface area contributed by atoms with Gasteiger partial charge >= 0.3 is 0 Å². The average Bonchev–Trinajstić information content (AvgIpc) is 2.47. The molecule has 0 aliphatic carbocycles. The fourth-order valence-electron chi connectivity index (χ4n) is 2.23. The van der Waals surface area contributed by atoms with Crippen molar-refractivity contribution < 1.29 is 4.79 Å². The van der Waals surface area contributed by atoms with Crippen LogP contribution in [0.3, 0.4) is 0 Å². The third kappa shape index (κ3) is 1.80. The number of hydrogen-bond acceptors (Lipinski definition) is 1. The van der Waals surface area contributed by atoms with Crippen molar-refractivity contribution in [2.24, 2.45) is 0 Å². The van der Waals surface area contributed by atoms with Crippen molar-refractivity contribution in [2.45, 2.75) is 0 Å². The molecular formula is C17H11O. The van der Waals surface area contributed by atoms with Crippen LogP contribution in [0.25, 0.3) is 21.9 Å². The van der Waals surface area contributed by atoms with Crippen LogP contribution in [0, 0.1) is 0 Å². The van der Waals surface area contributed by atoms with Crippen LogP contribution in [0.2, 0.25) is 0 Å². The molecule has 0 heterocycles. The highest BCUT2D eigenvalue weighted by atomic mass is 16.1. The van der Waals surface area contributed by atoms with Crippen molar-refractivity contribution in [1.82, 2.24) is 0 Å². The Morgan fingerprint density at radius 1 is 0.778 bits per heavy atom. The number of rotatable bonds is 2. The van der Waals surface area contributed by atoms with Gasteiger partial charge in [0.25, 0.3) is 0 Å². The number of fused-ring (bicyclic) bond motifs is 1. The molecule has 3 aromatic carbocycles. The van der Waals surface area contributed by atoms with Gasteiger partial charge in [-0.2, -0.15) is 0 Å². The third-order valence-electron chi connectivity index (χ3n) is 3.08. The second-order valence-electron chi connectivity index (χ2n) is 4.21. The minimum atomic E-state index is 0.584. The number of hydrogen-bond donors (Lipinski definition) is 0. The Bertz CT molecular complexity index is 708. The normalized spacial score (nSPS) is 10.4. The first-order valence-corrected chi connectivity index (χ1v) is 5.85. The quantitative estimate of drug-likeness (QED) is 0.652. The summed E-state index contributed by atoms with van der Waals surface area (Å²) in [6.45, 7) is 0.